The number of ether oxygens (including phenoxy) is 1. The van der Waals surface area contributed by atoms with Gasteiger partial charge in [0.05, 0.1) is 0 Å². The molecule has 0 fully saturated rings. The van der Waals surface area contributed by atoms with Gasteiger partial charge in [-0.1, -0.05) is 137 Å². The Labute approximate surface area is 424 Å². The van der Waals surface area contributed by atoms with Crippen LogP contribution in [-0.4, -0.2) is 30.7 Å². The Morgan fingerprint density at radius 2 is 1.25 bits per heavy atom. The van der Waals surface area contributed by atoms with Gasteiger partial charge in [-0.3, -0.25) is 0 Å². The predicted molar refractivity (Wildman–Crippen MR) is 284 cm³/mol. The van der Waals surface area contributed by atoms with E-state index < -0.39 is 5.41 Å². The molecule has 0 radical (unpaired) electrons. The fourth-order valence-electron chi connectivity index (χ4n) is 11.3. The zero-order valence-electron chi connectivity index (χ0n) is 42.9. The normalized spacial score (nSPS) is 14.8. The van der Waals surface area contributed by atoms with Crippen molar-refractivity contribution in [2.24, 2.45) is 0 Å². The number of fused-ring (bicyclic) bond motifs is 12. The molecule has 69 heavy (non-hydrogen) atoms. The predicted octanol–water partition coefficient (Wildman–Crippen LogP) is 15.2. The third-order valence-electron chi connectivity index (χ3n) is 14.8. The van der Waals surface area contributed by atoms with Gasteiger partial charge >= 0.3 is 0 Å². The van der Waals surface area contributed by atoms with Gasteiger partial charge in [-0.15, -0.1) is 35.2 Å². The largest absolute Gasteiger partial charge is 0.509 e. The summed E-state index contributed by atoms with van der Waals surface area (Å²) < 4.78 is 9.16. The first kappa shape index (κ1) is 46.9. The summed E-state index contributed by atoms with van der Waals surface area (Å²) in [6, 6.07) is 46.1. The van der Waals surface area contributed by atoms with E-state index in [4.69, 9.17) is 9.72 Å². The van der Waals surface area contributed by atoms with Crippen molar-refractivity contribution < 1.29 is 25.8 Å². The van der Waals surface area contributed by atoms with E-state index in [1.807, 2.05) is 30.5 Å². The number of hydrogen-bond acceptors (Lipinski definition) is 5. The molecule has 6 nitrogen and oxygen atoms in total. The maximum atomic E-state index is 6.97. The quantitative estimate of drug-likeness (QED) is 0.164. The van der Waals surface area contributed by atoms with Crippen LogP contribution < -0.4 is 19.4 Å². The summed E-state index contributed by atoms with van der Waals surface area (Å²) in [5, 5.41) is 2.23. The smallest absolute Gasteiger partial charge is 0.135 e. The Bertz CT molecular complexity index is 3310. The summed E-state index contributed by atoms with van der Waals surface area (Å²) in [5.74, 6) is 2.07. The summed E-state index contributed by atoms with van der Waals surface area (Å²) >= 11 is 0. The number of nitrogens with zero attached hydrogens (tertiary/aromatic N) is 5. The van der Waals surface area contributed by atoms with Crippen LogP contribution in [0, 0.1) is 18.8 Å². The maximum absolute atomic E-state index is 6.97. The third kappa shape index (κ3) is 7.01. The summed E-state index contributed by atoms with van der Waals surface area (Å²) in [6.07, 6.45) is 1.84. The molecule has 6 aromatic carbocycles. The minimum atomic E-state index is -0.673. The van der Waals surface area contributed by atoms with Crippen molar-refractivity contribution in [3.8, 4) is 28.4 Å². The first-order valence-electron chi connectivity index (χ1n) is 24.2. The van der Waals surface area contributed by atoms with E-state index >= 15 is 0 Å². The number of hydrogen-bond donors (Lipinski definition) is 0. The second-order valence-corrected chi connectivity index (χ2v) is 23.8. The monoisotopic (exact) mass is 1090 g/mol. The van der Waals surface area contributed by atoms with Crippen molar-refractivity contribution in [3.63, 3.8) is 0 Å². The Morgan fingerprint density at radius 3 is 1.83 bits per heavy atom. The Balaban J connectivity index is 0.00000553. The Hall–Kier alpha value is -5.84. The second kappa shape index (κ2) is 15.6. The van der Waals surface area contributed by atoms with Crippen molar-refractivity contribution >= 4 is 44.6 Å². The van der Waals surface area contributed by atoms with Crippen molar-refractivity contribution in [3.05, 3.63) is 173 Å². The molecule has 11 rings (SSSR count). The van der Waals surface area contributed by atoms with E-state index in [1.54, 1.807) is 0 Å². The summed E-state index contributed by atoms with van der Waals surface area (Å²) in [7, 11) is 6.32. The fourth-order valence-corrected chi connectivity index (χ4v) is 11.3. The van der Waals surface area contributed by atoms with Crippen LogP contribution in [-0.2, 0) is 48.1 Å². The Morgan fingerprint density at radius 1 is 0.623 bits per heavy atom. The molecule has 0 saturated carbocycles. The van der Waals surface area contributed by atoms with Crippen LogP contribution >= 0.6 is 0 Å². The van der Waals surface area contributed by atoms with Gasteiger partial charge in [-0.2, -0.15) is 18.8 Å². The summed E-state index contributed by atoms with van der Waals surface area (Å²) in [4.78, 5) is 11.6. The van der Waals surface area contributed by atoms with E-state index in [-0.39, 0.29) is 42.7 Å². The van der Waals surface area contributed by atoms with Crippen LogP contribution in [0.4, 0.5) is 22.7 Å². The number of aromatic nitrogens is 2. The minimum Gasteiger partial charge on any atom is -0.509 e. The molecule has 1 spiro atoms. The molecule has 8 aromatic rings. The van der Waals surface area contributed by atoms with E-state index in [0.29, 0.717) is 11.5 Å². The molecule has 0 atom stereocenters. The SMILES string of the molecule is CN(C)c1ccc2c(c1)c1ccc(Oc3[c-]c4c(cc3)C3(c5cccc6c5N4[CH-]N6C)c4c(cc(C(C)(C)C)cc4C(C)(C)C)-c4cc(C(C)(C)C)cc(C(C)(C)C)c43)[c-]c1n2-c1ccccn1.[Pt]. The number of para-hydroxylation sites is 1. The van der Waals surface area contributed by atoms with Crippen molar-refractivity contribution in [2.45, 2.75) is 110 Å². The molecule has 2 aromatic heterocycles. The van der Waals surface area contributed by atoms with Gasteiger partial charge in [0.25, 0.3) is 0 Å². The van der Waals surface area contributed by atoms with Gasteiger partial charge < -0.3 is 24.0 Å². The molecule has 0 saturated heterocycles. The second-order valence-electron chi connectivity index (χ2n) is 23.8. The standard InChI is InChI=1S/C62H64N5O.Pt/c1-58(2,3)37-29-44-45-30-38(59(4,5)6)32-49(61(10,11)12)56(45)62(55(44)48(31-37)60(7,8)9)46-26-24-41(35-53(46)66-36-65(15)51-20-18-19-47(62)57(51)66)68-40-23-25-42-43-33-39(64(13)14)22-27-50(43)67(52(42)34-40)54-21-16-17-28-63-54;/h16-33,36H,1-15H3;/q-3;. The van der Waals surface area contributed by atoms with Crippen LogP contribution in [0.15, 0.2) is 109 Å². The molecule has 0 amide bonds. The van der Waals surface area contributed by atoms with E-state index in [0.717, 1.165) is 39.0 Å². The van der Waals surface area contributed by atoms with Crippen LogP contribution in [0.5, 0.6) is 11.5 Å². The molecule has 0 bridgehead atoms. The van der Waals surface area contributed by atoms with Gasteiger partial charge in [0.2, 0.25) is 0 Å². The minimum absolute atomic E-state index is 0. The molecule has 3 aliphatic rings. The zero-order chi connectivity index (χ0) is 48.2. The number of rotatable bonds is 4. The Kier molecular flexibility index (Phi) is 10.6. The van der Waals surface area contributed by atoms with Gasteiger partial charge in [-0.25, -0.2) is 4.98 Å². The van der Waals surface area contributed by atoms with E-state index in [1.165, 1.54) is 67.0 Å². The molecule has 0 N–H and O–H groups in total. The van der Waals surface area contributed by atoms with E-state index in [2.05, 4.69) is 221 Å². The van der Waals surface area contributed by atoms with E-state index in [9.17, 15) is 0 Å². The van der Waals surface area contributed by atoms with Crippen molar-refractivity contribution in [1.82, 2.24) is 9.55 Å². The first-order chi connectivity index (χ1) is 32.0. The number of benzene rings is 6. The molecular weight excluding hydrogens is 1030 g/mol. The topological polar surface area (TPSA) is 36.8 Å². The molecule has 4 heterocycles. The third-order valence-corrected chi connectivity index (χ3v) is 14.8. The van der Waals surface area contributed by atoms with Gasteiger partial charge in [0, 0.05) is 80.9 Å². The average Bonchev–Trinajstić information content (AvgIpc) is 3.89. The molecule has 2 aliphatic heterocycles. The van der Waals surface area contributed by atoms with Crippen LogP contribution in [0.3, 0.4) is 0 Å². The van der Waals surface area contributed by atoms with Gasteiger partial charge in [0.15, 0.2) is 0 Å². The van der Waals surface area contributed by atoms with Crippen LogP contribution in [0.25, 0.3) is 38.8 Å². The maximum Gasteiger partial charge on any atom is 0.135 e. The van der Waals surface area contributed by atoms with Crippen molar-refractivity contribution in [1.29, 1.82) is 0 Å². The van der Waals surface area contributed by atoms with Crippen molar-refractivity contribution in [2.75, 3.05) is 35.8 Å². The molecule has 356 valence electrons. The molecule has 0 unspecified atom stereocenters. The fraction of sp³-hybridized carbons (Fsp3) is 0.323. The number of pyridine rings is 1. The molecule has 7 heteroatoms. The summed E-state index contributed by atoms with van der Waals surface area (Å²) in [6.45, 7) is 30.7. The average molecular weight is 1090 g/mol. The number of anilines is 4. The molecular formula is C62H64N5OPt-3. The van der Waals surface area contributed by atoms with Crippen LogP contribution in [0.1, 0.15) is 128 Å². The van der Waals surface area contributed by atoms with Gasteiger partial charge in [0.1, 0.15) is 5.82 Å². The van der Waals surface area contributed by atoms with Crippen LogP contribution in [0.2, 0.25) is 0 Å². The summed E-state index contributed by atoms with van der Waals surface area (Å²) in [5.41, 5.74) is 18.7. The zero-order valence-corrected chi connectivity index (χ0v) is 45.2. The first-order valence-corrected chi connectivity index (χ1v) is 24.2. The molecule has 1 aliphatic carbocycles. The van der Waals surface area contributed by atoms with Gasteiger partial charge in [-0.05, 0) is 121 Å².